The number of ether oxygens (including phenoxy) is 3. The number of amides is 2. The lowest BCUT2D eigenvalue weighted by molar-refractivity contribution is -0.121. The van der Waals surface area contributed by atoms with E-state index in [0.29, 0.717) is 35.0 Å². The van der Waals surface area contributed by atoms with Gasteiger partial charge in [0.1, 0.15) is 5.75 Å². The van der Waals surface area contributed by atoms with Crippen molar-refractivity contribution in [1.82, 2.24) is 0 Å². The Kier molecular flexibility index (Phi) is 5.75. The summed E-state index contributed by atoms with van der Waals surface area (Å²) in [6, 6.07) is 19.8. The summed E-state index contributed by atoms with van der Waals surface area (Å²) in [6.07, 6.45) is 0. The smallest absolute Gasteiger partial charge is 0.265 e. The van der Waals surface area contributed by atoms with Crippen LogP contribution in [0.15, 0.2) is 66.7 Å². The van der Waals surface area contributed by atoms with Crippen molar-refractivity contribution < 1.29 is 23.8 Å². The van der Waals surface area contributed by atoms with Gasteiger partial charge in [-0.1, -0.05) is 24.3 Å². The molecule has 0 fully saturated rings. The predicted molar refractivity (Wildman–Crippen MR) is 117 cm³/mol. The Balaban J connectivity index is 1.46. The van der Waals surface area contributed by atoms with Crippen LogP contribution in [0.3, 0.4) is 0 Å². The normalized spacial score (nSPS) is 12.6. The molecule has 2 amide bonds. The van der Waals surface area contributed by atoms with Gasteiger partial charge >= 0.3 is 0 Å². The molecule has 0 aliphatic carbocycles. The number of rotatable bonds is 6. The van der Waals surface area contributed by atoms with E-state index in [4.69, 9.17) is 14.2 Å². The molecule has 0 bridgehead atoms. The van der Waals surface area contributed by atoms with Crippen LogP contribution in [0.5, 0.6) is 17.2 Å². The Hall–Kier alpha value is -4.00. The first-order valence-electron chi connectivity index (χ1n) is 9.73. The second-order valence-electron chi connectivity index (χ2n) is 6.96. The third-order valence-corrected chi connectivity index (χ3v) is 5.01. The van der Waals surface area contributed by atoms with Gasteiger partial charge in [-0.25, -0.2) is 0 Å². The molecule has 7 nitrogen and oxygen atoms in total. The highest BCUT2D eigenvalue weighted by atomic mass is 16.5. The zero-order valence-electron chi connectivity index (χ0n) is 17.3. The van der Waals surface area contributed by atoms with Crippen molar-refractivity contribution >= 4 is 23.2 Å². The van der Waals surface area contributed by atoms with Gasteiger partial charge in [0.2, 0.25) is 0 Å². The molecule has 158 valence electrons. The lowest BCUT2D eigenvalue weighted by Crippen LogP contribution is -2.38. The quantitative estimate of drug-likeness (QED) is 0.657. The van der Waals surface area contributed by atoms with Gasteiger partial charge in [0.05, 0.1) is 26.5 Å². The van der Waals surface area contributed by atoms with Crippen molar-refractivity contribution in [1.29, 1.82) is 0 Å². The number of nitrogens with zero attached hydrogens (tertiary/aromatic N) is 1. The summed E-state index contributed by atoms with van der Waals surface area (Å²) in [6.45, 7) is 0.416. The van der Waals surface area contributed by atoms with Crippen LogP contribution in [-0.4, -0.2) is 32.6 Å². The van der Waals surface area contributed by atoms with Crippen LogP contribution in [0, 0.1) is 0 Å². The summed E-state index contributed by atoms with van der Waals surface area (Å²) in [4.78, 5) is 26.7. The molecule has 31 heavy (non-hydrogen) atoms. The zero-order chi connectivity index (χ0) is 21.8. The molecule has 0 aromatic heterocycles. The van der Waals surface area contributed by atoms with E-state index < -0.39 is 0 Å². The topological polar surface area (TPSA) is 77.1 Å². The minimum Gasteiger partial charge on any atom is -0.493 e. The fourth-order valence-corrected chi connectivity index (χ4v) is 3.39. The van der Waals surface area contributed by atoms with Crippen molar-refractivity contribution in [3.63, 3.8) is 0 Å². The van der Waals surface area contributed by atoms with E-state index >= 15 is 0 Å². The summed E-state index contributed by atoms with van der Waals surface area (Å²) in [7, 11) is 3.10. The van der Waals surface area contributed by atoms with Gasteiger partial charge in [0.15, 0.2) is 18.1 Å². The maximum atomic E-state index is 12.6. The van der Waals surface area contributed by atoms with Crippen molar-refractivity contribution in [3.05, 3.63) is 77.9 Å². The molecule has 0 radical (unpaired) electrons. The average Bonchev–Trinajstić information content (AvgIpc) is 2.81. The first-order valence-corrected chi connectivity index (χ1v) is 9.73. The Morgan fingerprint density at radius 1 is 1.00 bits per heavy atom. The molecule has 7 heteroatoms. The Bertz CT molecular complexity index is 1110. The van der Waals surface area contributed by atoms with E-state index in [9.17, 15) is 9.59 Å². The van der Waals surface area contributed by atoms with E-state index in [2.05, 4.69) is 5.32 Å². The van der Waals surface area contributed by atoms with Gasteiger partial charge in [-0.05, 0) is 42.0 Å². The molecular weight excluding hydrogens is 396 g/mol. The van der Waals surface area contributed by atoms with Gasteiger partial charge in [-0.2, -0.15) is 0 Å². The van der Waals surface area contributed by atoms with E-state index in [0.717, 1.165) is 11.3 Å². The van der Waals surface area contributed by atoms with Crippen LogP contribution >= 0.6 is 0 Å². The Morgan fingerprint density at radius 2 is 1.74 bits per heavy atom. The van der Waals surface area contributed by atoms with Crippen molar-refractivity contribution in [2.24, 2.45) is 0 Å². The number of carbonyl (C=O) groups excluding carboxylic acids is 2. The molecule has 0 atom stereocenters. The molecule has 0 saturated carbocycles. The van der Waals surface area contributed by atoms with Crippen LogP contribution in [-0.2, 0) is 11.3 Å². The number of nitrogens with one attached hydrogen (secondary N) is 1. The van der Waals surface area contributed by atoms with Crippen LogP contribution in [0.4, 0.5) is 11.4 Å². The molecule has 0 saturated heterocycles. The third-order valence-electron chi connectivity index (χ3n) is 5.01. The minimum atomic E-state index is -0.244. The molecule has 1 heterocycles. The first-order chi connectivity index (χ1) is 15.1. The second-order valence-corrected chi connectivity index (χ2v) is 6.96. The van der Waals surface area contributed by atoms with Crippen molar-refractivity contribution in [2.45, 2.75) is 6.54 Å². The number of benzene rings is 3. The van der Waals surface area contributed by atoms with E-state index in [1.54, 1.807) is 49.5 Å². The number of methoxy groups -OCH3 is 2. The summed E-state index contributed by atoms with van der Waals surface area (Å²) < 4.78 is 16.0. The number of anilines is 2. The summed E-state index contributed by atoms with van der Waals surface area (Å²) in [5, 5.41) is 2.85. The second kappa shape index (κ2) is 8.79. The lowest BCUT2D eigenvalue weighted by Gasteiger charge is -2.29. The minimum absolute atomic E-state index is 0.0167. The molecule has 1 N–H and O–H groups in total. The number of hydrogen-bond donors (Lipinski definition) is 1. The molecule has 0 spiro atoms. The Morgan fingerprint density at radius 3 is 2.48 bits per heavy atom. The van der Waals surface area contributed by atoms with Crippen LogP contribution in [0.25, 0.3) is 0 Å². The predicted octanol–water partition coefficient (Wildman–Crippen LogP) is 3.88. The zero-order valence-corrected chi connectivity index (χ0v) is 17.3. The maximum Gasteiger partial charge on any atom is 0.265 e. The monoisotopic (exact) mass is 418 g/mol. The Labute approximate surface area is 180 Å². The SMILES string of the molecule is COc1ccc(NC(=O)c2ccc(CN3C(=O)COc4ccccc43)cc2)cc1OC. The average molecular weight is 418 g/mol. The molecule has 0 unspecified atom stereocenters. The molecule has 1 aliphatic heterocycles. The van der Waals surface area contributed by atoms with Crippen molar-refractivity contribution in [2.75, 3.05) is 31.0 Å². The molecule has 3 aromatic carbocycles. The van der Waals surface area contributed by atoms with E-state index in [-0.39, 0.29) is 18.4 Å². The number of hydrogen-bond acceptors (Lipinski definition) is 5. The largest absolute Gasteiger partial charge is 0.493 e. The summed E-state index contributed by atoms with van der Waals surface area (Å²) >= 11 is 0. The first kappa shape index (κ1) is 20.3. The number of carbonyl (C=O) groups is 2. The van der Waals surface area contributed by atoms with Gasteiger partial charge in [-0.15, -0.1) is 0 Å². The van der Waals surface area contributed by atoms with Gasteiger partial charge < -0.3 is 24.4 Å². The fraction of sp³-hybridized carbons (Fsp3) is 0.167. The fourth-order valence-electron chi connectivity index (χ4n) is 3.39. The molecule has 4 rings (SSSR count). The number of para-hydroxylation sites is 2. The third kappa shape index (κ3) is 4.30. The highest BCUT2D eigenvalue weighted by molar-refractivity contribution is 6.04. The molecule has 3 aromatic rings. The van der Waals surface area contributed by atoms with Crippen LogP contribution in [0.2, 0.25) is 0 Å². The maximum absolute atomic E-state index is 12.6. The van der Waals surface area contributed by atoms with Gasteiger partial charge in [0, 0.05) is 17.3 Å². The van der Waals surface area contributed by atoms with Crippen LogP contribution < -0.4 is 24.4 Å². The van der Waals surface area contributed by atoms with Crippen molar-refractivity contribution in [3.8, 4) is 17.2 Å². The lowest BCUT2D eigenvalue weighted by atomic mass is 10.1. The van der Waals surface area contributed by atoms with Gasteiger partial charge in [0.25, 0.3) is 11.8 Å². The van der Waals surface area contributed by atoms with Crippen LogP contribution in [0.1, 0.15) is 15.9 Å². The summed E-state index contributed by atoms with van der Waals surface area (Å²) in [5.41, 5.74) is 2.76. The van der Waals surface area contributed by atoms with E-state index in [1.165, 1.54) is 0 Å². The van der Waals surface area contributed by atoms with E-state index in [1.807, 2.05) is 36.4 Å². The molecule has 1 aliphatic rings. The summed E-state index contributed by atoms with van der Waals surface area (Å²) in [5.74, 6) is 1.46. The van der Waals surface area contributed by atoms with Gasteiger partial charge in [-0.3, -0.25) is 9.59 Å². The molecular formula is C24H22N2O5. The number of fused-ring (bicyclic) bond motifs is 1. The highest BCUT2D eigenvalue weighted by Gasteiger charge is 2.25. The standard InChI is InChI=1S/C24H22N2O5/c1-29-21-12-11-18(13-22(21)30-2)25-24(28)17-9-7-16(8-10-17)14-26-19-5-3-4-6-20(19)31-15-23(26)27/h3-13H,14-15H2,1-2H3,(H,25,28). The highest BCUT2D eigenvalue weighted by Crippen LogP contribution is 2.33.